The number of carbonyl (C=O) groups excluding carboxylic acids is 1. The van der Waals surface area contributed by atoms with Crippen LogP contribution in [0.2, 0.25) is 0 Å². The molecule has 0 radical (unpaired) electrons. The van der Waals surface area contributed by atoms with E-state index in [-0.39, 0.29) is 18.3 Å². The van der Waals surface area contributed by atoms with Gasteiger partial charge in [-0.15, -0.1) is 0 Å². The Hall–Kier alpha value is -3.35. The van der Waals surface area contributed by atoms with Crippen molar-refractivity contribution in [3.8, 4) is 0 Å². The Morgan fingerprint density at radius 1 is 0.939 bits per heavy atom. The Balaban J connectivity index is 1.59. The third kappa shape index (κ3) is 5.53. The summed E-state index contributed by atoms with van der Waals surface area (Å²) >= 11 is 0. The second kappa shape index (κ2) is 9.65. The first-order valence-electron chi connectivity index (χ1n) is 10.9. The van der Waals surface area contributed by atoms with E-state index in [4.69, 9.17) is 0 Å². The molecule has 4 rings (SSSR count). The number of hydrogen-bond acceptors (Lipinski definition) is 2. The van der Waals surface area contributed by atoms with Gasteiger partial charge < -0.3 is 10.2 Å². The largest absolute Gasteiger partial charge is 0.416 e. The van der Waals surface area contributed by atoms with Gasteiger partial charge in [0.15, 0.2) is 0 Å². The first-order chi connectivity index (χ1) is 15.8. The predicted molar refractivity (Wildman–Crippen MR) is 120 cm³/mol. The Kier molecular flexibility index (Phi) is 6.67. The fraction of sp³-hybridized carbons (Fsp3) is 0.269. The zero-order valence-electron chi connectivity index (χ0n) is 18.0. The molecule has 1 aliphatic heterocycles. The number of rotatable bonds is 6. The normalized spacial score (nSPS) is 13.2. The van der Waals surface area contributed by atoms with Gasteiger partial charge in [0, 0.05) is 19.6 Å². The third-order valence-electron chi connectivity index (χ3n) is 5.83. The number of amides is 1. The van der Waals surface area contributed by atoms with Crippen molar-refractivity contribution in [2.45, 2.75) is 32.0 Å². The molecule has 1 N–H and O–H groups in total. The van der Waals surface area contributed by atoms with Crippen LogP contribution in [0.4, 0.5) is 23.2 Å². The maximum absolute atomic E-state index is 13.6. The minimum absolute atomic E-state index is 0.168. The highest BCUT2D eigenvalue weighted by molar-refractivity contribution is 6.00. The minimum atomic E-state index is -4.41. The average molecular weight is 456 g/mol. The summed E-state index contributed by atoms with van der Waals surface area (Å²) in [5.41, 5.74) is 3.21. The number of fused-ring (bicyclic) bond motifs is 1. The van der Waals surface area contributed by atoms with Gasteiger partial charge in [0.25, 0.3) is 5.91 Å². The van der Waals surface area contributed by atoms with Gasteiger partial charge in [-0.1, -0.05) is 36.4 Å². The molecule has 0 aliphatic carbocycles. The van der Waals surface area contributed by atoms with Crippen molar-refractivity contribution in [3.63, 3.8) is 0 Å². The van der Waals surface area contributed by atoms with Crippen LogP contribution in [0.25, 0.3) is 0 Å². The second-order valence-corrected chi connectivity index (χ2v) is 8.17. The maximum Gasteiger partial charge on any atom is 0.416 e. The van der Waals surface area contributed by atoms with E-state index >= 15 is 0 Å². The topological polar surface area (TPSA) is 32.3 Å². The van der Waals surface area contributed by atoms with Crippen molar-refractivity contribution in [3.05, 3.63) is 100 Å². The van der Waals surface area contributed by atoms with Crippen molar-refractivity contribution < 1.29 is 22.4 Å². The molecule has 0 spiro atoms. The molecule has 0 fully saturated rings. The highest BCUT2D eigenvalue weighted by Gasteiger charge is 2.30. The highest BCUT2D eigenvalue weighted by atomic mass is 19.4. The zero-order valence-corrected chi connectivity index (χ0v) is 18.0. The number of para-hydroxylation sites is 1. The summed E-state index contributed by atoms with van der Waals surface area (Å²) < 4.78 is 52.0. The maximum atomic E-state index is 13.6. The molecule has 0 saturated carbocycles. The van der Waals surface area contributed by atoms with Gasteiger partial charge in [0.2, 0.25) is 0 Å². The molecule has 1 amide bonds. The summed E-state index contributed by atoms with van der Waals surface area (Å²) in [7, 11) is 0. The summed E-state index contributed by atoms with van der Waals surface area (Å²) in [4.78, 5) is 15.2. The molecule has 172 valence electrons. The number of nitrogens with one attached hydrogen (secondary N) is 1. The molecule has 3 aromatic carbocycles. The van der Waals surface area contributed by atoms with Crippen LogP contribution < -0.4 is 5.32 Å². The minimum Gasteiger partial charge on any atom is -0.384 e. The summed E-state index contributed by atoms with van der Waals surface area (Å²) in [6.07, 6.45) is -2.04. The summed E-state index contributed by atoms with van der Waals surface area (Å²) in [6.45, 7) is 1.29. The van der Waals surface area contributed by atoms with Crippen LogP contribution in [0.15, 0.2) is 66.7 Å². The lowest BCUT2D eigenvalue weighted by molar-refractivity contribution is -0.137. The van der Waals surface area contributed by atoms with Gasteiger partial charge >= 0.3 is 6.18 Å². The van der Waals surface area contributed by atoms with Crippen LogP contribution in [0, 0.1) is 5.82 Å². The molecule has 0 bridgehead atoms. The lowest BCUT2D eigenvalue weighted by Gasteiger charge is -2.27. The van der Waals surface area contributed by atoms with Crippen molar-refractivity contribution >= 4 is 11.6 Å². The molecule has 0 aromatic heterocycles. The molecular formula is C26H24F4N2O. The third-order valence-corrected chi connectivity index (χ3v) is 5.83. The van der Waals surface area contributed by atoms with E-state index in [0.29, 0.717) is 24.1 Å². The van der Waals surface area contributed by atoms with Gasteiger partial charge in [-0.25, -0.2) is 4.39 Å². The van der Waals surface area contributed by atoms with E-state index in [2.05, 4.69) is 5.32 Å². The summed E-state index contributed by atoms with van der Waals surface area (Å²) in [5, 5.41) is 3.32. The first kappa shape index (κ1) is 22.8. The molecule has 1 heterocycles. The van der Waals surface area contributed by atoms with Crippen LogP contribution in [0.1, 0.15) is 39.0 Å². The van der Waals surface area contributed by atoms with Crippen LogP contribution in [0.3, 0.4) is 0 Å². The molecular weight excluding hydrogens is 432 g/mol. The quantitative estimate of drug-likeness (QED) is 0.456. The van der Waals surface area contributed by atoms with Gasteiger partial charge in [0.1, 0.15) is 5.82 Å². The number of nitrogens with zero attached hydrogens (tertiary/aromatic N) is 1. The van der Waals surface area contributed by atoms with Crippen molar-refractivity contribution in [2.75, 3.05) is 18.4 Å². The van der Waals surface area contributed by atoms with Crippen LogP contribution in [-0.4, -0.2) is 23.9 Å². The smallest absolute Gasteiger partial charge is 0.384 e. The summed E-state index contributed by atoms with van der Waals surface area (Å²) in [6, 6.07) is 16.6. The van der Waals surface area contributed by atoms with Gasteiger partial charge in [0.05, 0.1) is 16.8 Å². The van der Waals surface area contributed by atoms with E-state index in [1.165, 1.54) is 24.3 Å². The monoisotopic (exact) mass is 456 g/mol. The molecule has 3 aromatic rings. The molecule has 1 aliphatic rings. The lowest BCUT2D eigenvalue weighted by Crippen LogP contribution is -2.33. The van der Waals surface area contributed by atoms with Crippen molar-refractivity contribution in [2.24, 2.45) is 0 Å². The molecule has 0 saturated heterocycles. The Morgan fingerprint density at radius 3 is 2.33 bits per heavy atom. The number of hydrogen-bond donors (Lipinski definition) is 1. The van der Waals surface area contributed by atoms with Crippen LogP contribution in [0.5, 0.6) is 0 Å². The SMILES string of the molecule is O=C(c1cccc2c1NCCC2)N(CCc1ccc(F)cc1)Cc1ccc(C(F)(F)F)cc1. The van der Waals surface area contributed by atoms with E-state index in [9.17, 15) is 22.4 Å². The number of alkyl halides is 3. The van der Waals surface area contributed by atoms with Gasteiger partial charge in [-0.2, -0.15) is 13.2 Å². The van der Waals surface area contributed by atoms with E-state index < -0.39 is 11.7 Å². The van der Waals surface area contributed by atoms with Gasteiger partial charge in [-0.05, 0) is 66.3 Å². The molecule has 7 heteroatoms. The number of anilines is 1. The predicted octanol–water partition coefficient (Wildman–Crippen LogP) is 6.09. The zero-order chi connectivity index (χ0) is 23.4. The number of carbonyl (C=O) groups is 1. The molecule has 3 nitrogen and oxygen atoms in total. The second-order valence-electron chi connectivity index (χ2n) is 8.17. The van der Waals surface area contributed by atoms with Crippen molar-refractivity contribution in [1.82, 2.24) is 4.90 Å². The standard InChI is InChI=1S/C26H24F4N2O/c27-22-12-8-18(9-13-22)14-16-32(17-19-6-10-21(11-7-19)26(28,29)30)25(33)23-5-1-3-20-4-2-15-31-24(20)23/h1,3,5-13,31H,2,4,14-17H2. The Bertz CT molecular complexity index is 1110. The fourth-order valence-corrected chi connectivity index (χ4v) is 4.05. The Morgan fingerprint density at radius 2 is 1.64 bits per heavy atom. The lowest BCUT2D eigenvalue weighted by atomic mass is 9.98. The number of aryl methyl sites for hydroxylation is 1. The molecule has 0 atom stereocenters. The number of benzene rings is 3. The van der Waals surface area contributed by atoms with E-state index in [1.807, 2.05) is 12.1 Å². The Labute approximate surface area is 190 Å². The average Bonchev–Trinajstić information content (AvgIpc) is 2.81. The fourth-order valence-electron chi connectivity index (χ4n) is 4.05. The van der Waals surface area contributed by atoms with Crippen LogP contribution in [-0.2, 0) is 25.6 Å². The molecule has 0 unspecified atom stereocenters. The van der Waals surface area contributed by atoms with Crippen LogP contribution >= 0.6 is 0 Å². The van der Waals surface area contributed by atoms with E-state index in [0.717, 1.165) is 48.3 Å². The van der Waals surface area contributed by atoms with Crippen molar-refractivity contribution in [1.29, 1.82) is 0 Å². The van der Waals surface area contributed by atoms with E-state index in [1.54, 1.807) is 23.1 Å². The first-order valence-corrected chi connectivity index (χ1v) is 10.9. The molecule has 33 heavy (non-hydrogen) atoms. The summed E-state index contributed by atoms with van der Waals surface area (Å²) in [5.74, 6) is -0.526. The van der Waals surface area contributed by atoms with Gasteiger partial charge in [-0.3, -0.25) is 4.79 Å². The highest BCUT2D eigenvalue weighted by Crippen LogP contribution is 2.30. The number of halogens is 4.